The minimum Gasteiger partial charge on any atom is -0.378 e. The zero-order valence-electron chi connectivity index (χ0n) is 10.3. The summed E-state index contributed by atoms with van der Waals surface area (Å²) in [6.07, 6.45) is 6.93. The average Bonchev–Trinajstić information content (AvgIpc) is 2.18. The maximum atomic E-state index is 5.31. The average molecular weight is 209 g/mol. The van der Waals surface area contributed by atoms with E-state index < -0.39 is 0 Å². The Morgan fingerprint density at radius 3 is 2.47 bits per heavy atom. The first-order valence-corrected chi connectivity index (χ1v) is 5.81. The second kappa shape index (κ2) is 6.67. The van der Waals surface area contributed by atoms with Gasteiger partial charge in [0.25, 0.3) is 0 Å². The van der Waals surface area contributed by atoms with Gasteiger partial charge in [-0.1, -0.05) is 17.2 Å². The molecule has 15 heavy (non-hydrogen) atoms. The molecule has 0 aromatic rings. The highest BCUT2D eigenvalue weighted by molar-refractivity contribution is 5.02. The Morgan fingerprint density at radius 1 is 1.20 bits per heavy atom. The molecular weight excluding hydrogens is 186 g/mol. The number of nitrogens with zero attached hydrogens (tertiary/aromatic N) is 1. The van der Waals surface area contributed by atoms with Crippen molar-refractivity contribution in [3.63, 3.8) is 0 Å². The molecule has 1 heterocycles. The molecule has 1 rings (SSSR count). The molecule has 2 nitrogen and oxygen atoms in total. The van der Waals surface area contributed by atoms with Crippen LogP contribution < -0.4 is 0 Å². The van der Waals surface area contributed by atoms with E-state index in [9.17, 15) is 0 Å². The highest BCUT2D eigenvalue weighted by atomic mass is 16.5. The van der Waals surface area contributed by atoms with Crippen LogP contribution >= 0.6 is 0 Å². The molecule has 2 heteroatoms. The Bertz CT molecular complexity index is 233. The van der Waals surface area contributed by atoms with Crippen molar-refractivity contribution in [2.24, 2.45) is 0 Å². The van der Waals surface area contributed by atoms with Crippen LogP contribution in [-0.4, -0.2) is 31.2 Å². The molecule has 1 saturated heterocycles. The lowest BCUT2D eigenvalue weighted by molar-refractivity contribution is 0.0589. The van der Waals surface area contributed by atoms with Gasteiger partial charge in [-0.15, -0.1) is 0 Å². The SMILES string of the molecule is CC(C)=CCC/C(C)=C/N1CCOCC1. The molecular formula is C13H23NO. The minimum atomic E-state index is 0.873. The summed E-state index contributed by atoms with van der Waals surface area (Å²) in [5, 5.41) is 0. The Morgan fingerprint density at radius 2 is 1.87 bits per heavy atom. The van der Waals surface area contributed by atoms with Gasteiger partial charge in [-0.2, -0.15) is 0 Å². The van der Waals surface area contributed by atoms with E-state index in [0.29, 0.717) is 0 Å². The van der Waals surface area contributed by atoms with E-state index >= 15 is 0 Å². The monoisotopic (exact) mass is 209 g/mol. The number of allylic oxidation sites excluding steroid dienone is 3. The van der Waals surface area contributed by atoms with Crippen molar-refractivity contribution in [3.05, 3.63) is 23.4 Å². The maximum absolute atomic E-state index is 5.31. The van der Waals surface area contributed by atoms with Crippen LogP contribution in [0.15, 0.2) is 23.4 Å². The van der Waals surface area contributed by atoms with Crippen molar-refractivity contribution in [3.8, 4) is 0 Å². The first kappa shape index (κ1) is 12.3. The Kier molecular flexibility index (Phi) is 5.48. The summed E-state index contributed by atoms with van der Waals surface area (Å²) in [5.41, 5.74) is 2.88. The molecule has 1 fully saturated rings. The van der Waals surface area contributed by atoms with Crippen LogP contribution in [0.2, 0.25) is 0 Å². The first-order valence-electron chi connectivity index (χ1n) is 5.81. The summed E-state index contributed by atoms with van der Waals surface area (Å²) in [6.45, 7) is 10.4. The third-order valence-electron chi connectivity index (χ3n) is 2.54. The number of hydrogen-bond donors (Lipinski definition) is 0. The van der Waals surface area contributed by atoms with Crippen molar-refractivity contribution in [2.45, 2.75) is 33.6 Å². The van der Waals surface area contributed by atoms with E-state index in [0.717, 1.165) is 32.7 Å². The third-order valence-corrected chi connectivity index (χ3v) is 2.54. The summed E-state index contributed by atoms with van der Waals surface area (Å²) in [5.74, 6) is 0. The van der Waals surface area contributed by atoms with Crippen LogP contribution in [0, 0.1) is 0 Å². The second-order valence-electron chi connectivity index (χ2n) is 4.44. The zero-order chi connectivity index (χ0) is 11.1. The fraction of sp³-hybridized carbons (Fsp3) is 0.692. The van der Waals surface area contributed by atoms with Crippen molar-refractivity contribution in [1.82, 2.24) is 4.90 Å². The van der Waals surface area contributed by atoms with Gasteiger partial charge in [0.2, 0.25) is 0 Å². The van der Waals surface area contributed by atoms with E-state index in [4.69, 9.17) is 4.74 Å². The van der Waals surface area contributed by atoms with E-state index in [-0.39, 0.29) is 0 Å². The van der Waals surface area contributed by atoms with E-state index in [1.165, 1.54) is 17.6 Å². The molecule has 0 aromatic carbocycles. The van der Waals surface area contributed by atoms with Crippen LogP contribution in [0.4, 0.5) is 0 Å². The van der Waals surface area contributed by atoms with E-state index in [1.54, 1.807) is 0 Å². The van der Waals surface area contributed by atoms with Gasteiger partial charge in [0.05, 0.1) is 13.2 Å². The quantitative estimate of drug-likeness (QED) is 0.660. The summed E-state index contributed by atoms with van der Waals surface area (Å²) >= 11 is 0. The Hall–Kier alpha value is -0.760. The van der Waals surface area contributed by atoms with Crippen LogP contribution in [0.5, 0.6) is 0 Å². The molecule has 0 amide bonds. The zero-order valence-corrected chi connectivity index (χ0v) is 10.3. The van der Waals surface area contributed by atoms with Gasteiger partial charge >= 0.3 is 0 Å². The number of ether oxygens (including phenoxy) is 1. The summed E-state index contributed by atoms with van der Waals surface area (Å²) in [6, 6.07) is 0. The molecule has 1 aliphatic heterocycles. The van der Waals surface area contributed by atoms with Gasteiger partial charge in [-0.05, 0) is 39.8 Å². The summed E-state index contributed by atoms with van der Waals surface area (Å²) in [4.78, 5) is 2.36. The van der Waals surface area contributed by atoms with Crippen LogP contribution in [0.25, 0.3) is 0 Å². The molecule has 0 bridgehead atoms. The fourth-order valence-electron chi connectivity index (χ4n) is 1.67. The van der Waals surface area contributed by atoms with Crippen molar-refractivity contribution >= 4 is 0 Å². The highest BCUT2D eigenvalue weighted by Crippen LogP contribution is 2.09. The van der Waals surface area contributed by atoms with Gasteiger partial charge in [-0.25, -0.2) is 0 Å². The second-order valence-corrected chi connectivity index (χ2v) is 4.44. The minimum absolute atomic E-state index is 0.873. The lowest BCUT2D eigenvalue weighted by Crippen LogP contribution is -2.32. The van der Waals surface area contributed by atoms with E-state index in [2.05, 4.69) is 37.9 Å². The lowest BCUT2D eigenvalue weighted by Gasteiger charge is -2.26. The molecule has 0 atom stereocenters. The van der Waals surface area contributed by atoms with Crippen LogP contribution in [0.1, 0.15) is 33.6 Å². The summed E-state index contributed by atoms with van der Waals surface area (Å²) < 4.78 is 5.31. The predicted octanol–water partition coefficient (Wildman–Crippen LogP) is 2.97. The largest absolute Gasteiger partial charge is 0.378 e. The Labute approximate surface area is 93.6 Å². The fourth-order valence-corrected chi connectivity index (χ4v) is 1.67. The smallest absolute Gasteiger partial charge is 0.0642 e. The number of hydrogen-bond acceptors (Lipinski definition) is 2. The number of morpholine rings is 1. The van der Waals surface area contributed by atoms with Gasteiger partial charge in [0, 0.05) is 13.1 Å². The molecule has 0 unspecified atom stereocenters. The van der Waals surface area contributed by atoms with Crippen LogP contribution in [0.3, 0.4) is 0 Å². The third kappa shape index (κ3) is 5.63. The van der Waals surface area contributed by atoms with Crippen molar-refractivity contribution in [2.75, 3.05) is 26.3 Å². The molecule has 0 aliphatic carbocycles. The van der Waals surface area contributed by atoms with E-state index in [1.807, 2.05) is 0 Å². The highest BCUT2D eigenvalue weighted by Gasteiger charge is 2.05. The molecule has 0 saturated carbocycles. The lowest BCUT2D eigenvalue weighted by atomic mass is 10.1. The standard InChI is InChI=1S/C13H23NO/c1-12(2)5-4-6-13(3)11-14-7-9-15-10-8-14/h5,11H,4,6-10H2,1-3H3/b13-11+. The summed E-state index contributed by atoms with van der Waals surface area (Å²) in [7, 11) is 0. The topological polar surface area (TPSA) is 12.5 Å². The first-order chi connectivity index (χ1) is 7.18. The van der Waals surface area contributed by atoms with Gasteiger partial charge < -0.3 is 9.64 Å². The van der Waals surface area contributed by atoms with Crippen molar-refractivity contribution < 1.29 is 4.74 Å². The van der Waals surface area contributed by atoms with Gasteiger partial charge in [0.15, 0.2) is 0 Å². The molecule has 0 radical (unpaired) electrons. The normalized spacial score (nSPS) is 17.8. The molecule has 0 N–H and O–H groups in total. The van der Waals surface area contributed by atoms with Crippen molar-refractivity contribution in [1.29, 1.82) is 0 Å². The Balaban J connectivity index is 2.28. The molecule has 0 spiro atoms. The number of rotatable bonds is 4. The maximum Gasteiger partial charge on any atom is 0.0642 e. The molecule has 1 aliphatic rings. The van der Waals surface area contributed by atoms with Crippen LogP contribution in [-0.2, 0) is 4.74 Å². The molecule has 86 valence electrons. The molecule has 0 aromatic heterocycles. The predicted molar refractivity (Wildman–Crippen MR) is 64.8 cm³/mol. The van der Waals surface area contributed by atoms with Gasteiger partial charge in [0.1, 0.15) is 0 Å². The van der Waals surface area contributed by atoms with Gasteiger partial charge in [-0.3, -0.25) is 0 Å².